The number of alkyl halides is 3. The number of benzene rings is 1. The normalized spacial score (nSPS) is 12.0. The molecule has 0 saturated heterocycles. The highest BCUT2D eigenvalue weighted by Gasteiger charge is 2.27. The molecule has 20 heavy (non-hydrogen) atoms. The molecular formula is C13H11F4NO2. The molecule has 2 rings (SSSR count). The van der Waals surface area contributed by atoms with Crippen LogP contribution in [0, 0.1) is 5.82 Å². The highest BCUT2D eigenvalue weighted by molar-refractivity contribution is 6.07. The Morgan fingerprint density at radius 3 is 2.75 bits per heavy atom. The zero-order valence-electron chi connectivity index (χ0n) is 10.3. The number of carbonyl (C=O) groups is 1. The third-order valence-electron chi connectivity index (χ3n) is 2.68. The fourth-order valence-electron chi connectivity index (χ4n) is 1.81. The van der Waals surface area contributed by atoms with Crippen molar-refractivity contribution in [2.45, 2.75) is 12.6 Å². The average molecular weight is 289 g/mol. The molecule has 1 aromatic carbocycles. The van der Waals surface area contributed by atoms with Gasteiger partial charge in [-0.05, 0) is 18.2 Å². The Morgan fingerprint density at radius 2 is 2.05 bits per heavy atom. The van der Waals surface area contributed by atoms with Crippen LogP contribution in [0.3, 0.4) is 0 Å². The molecule has 0 aliphatic rings. The molecule has 0 bridgehead atoms. The first-order valence-corrected chi connectivity index (χ1v) is 5.81. The summed E-state index contributed by atoms with van der Waals surface area (Å²) in [4.78, 5) is 14.7. The molecule has 3 nitrogen and oxygen atoms in total. The number of hydrogen-bond acceptors (Lipinski definition) is 2. The summed E-state index contributed by atoms with van der Waals surface area (Å²) in [6.07, 6.45) is -3.19. The van der Waals surface area contributed by atoms with Crippen molar-refractivity contribution in [1.82, 2.24) is 4.98 Å². The number of ether oxygens (including phenoxy) is 1. The van der Waals surface area contributed by atoms with E-state index in [2.05, 4.69) is 9.72 Å². The zero-order valence-corrected chi connectivity index (χ0v) is 10.3. The molecule has 7 heteroatoms. The minimum absolute atomic E-state index is 0.195. The molecule has 1 heterocycles. The Bertz CT molecular complexity index is 618. The fourth-order valence-corrected chi connectivity index (χ4v) is 1.81. The van der Waals surface area contributed by atoms with Crippen molar-refractivity contribution >= 4 is 16.7 Å². The molecule has 0 saturated carbocycles. The molecule has 2 aromatic rings. The fraction of sp³-hybridized carbons (Fsp3) is 0.308. The second kappa shape index (κ2) is 5.62. The standard InChI is InChI=1S/C13H11F4NO2/c14-8-1-2-11-9(5-8)10(6-18-11)12(19)3-4-20-7-13(15,16)17/h1-2,5-6,18H,3-4,7H2. The summed E-state index contributed by atoms with van der Waals surface area (Å²) in [7, 11) is 0. The van der Waals surface area contributed by atoms with Gasteiger partial charge in [-0.3, -0.25) is 4.79 Å². The maximum absolute atomic E-state index is 13.1. The third-order valence-corrected chi connectivity index (χ3v) is 2.68. The lowest BCUT2D eigenvalue weighted by atomic mass is 10.1. The molecular weight excluding hydrogens is 278 g/mol. The molecule has 1 N–H and O–H groups in total. The van der Waals surface area contributed by atoms with E-state index in [0.29, 0.717) is 10.9 Å². The topological polar surface area (TPSA) is 42.1 Å². The van der Waals surface area contributed by atoms with Crippen molar-refractivity contribution < 1.29 is 27.1 Å². The molecule has 0 atom stereocenters. The monoisotopic (exact) mass is 289 g/mol. The van der Waals surface area contributed by atoms with Crippen molar-refractivity contribution in [2.24, 2.45) is 0 Å². The van der Waals surface area contributed by atoms with Crippen LogP contribution in [0.25, 0.3) is 10.9 Å². The Labute approximate surface area is 111 Å². The number of halogens is 4. The van der Waals surface area contributed by atoms with Crippen molar-refractivity contribution in [3.8, 4) is 0 Å². The number of fused-ring (bicyclic) bond motifs is 1. The van der Waals surface area contributed by atoms with Crippen molar-refractivity contribution in [2.75, 3.05) is 13.2 Å². The minimum Gasteiger partial charge on any atom is -0.372 e. The van der Waals surface area contributed by atoms with Gasteiger partial charge in [0, 0.05) is 29.1 Å². The Hall–Kier alpha value is -1.89. The smallest absolute Gasteiger partial charge is 0.372 e. The number of aromatic nitrogens is 1. The van der Waals surface area contributed by atoms with Crippen LogP contribution in [0.4, 0.5) is 17.6 Å². The molecule has 0 amide bonds. The second-order valence-electron chi connectivity index (χ2n) is 4.23. The van der Waals surface area contributed by atoms with Gasteiger partial charge in [0.2, 0.25) is 0 Å². The van der Waals surface area contributed by atoms with Crippen LogP contribution in [0.2, 0.25) is 0 Å². The minimum atomic E-state index is -4.41. The van der Waals surface area contributed by atoms with Crippen molar-refractivity contribution in [3.63, 3.8) is 0 Å². The first-order chi connectivity index (χ1) is 9.37. The number of hydrogen-bond donors (Lipinski definition) is 1. The molecule has 1 aromatic heterocycles. The first kappa shape index (κ1) is 14.5. The van der Waals surface area contributed by atoms with Gasteiger partial charge in [-0.25, -0.2) is 4.39 Å². The van der Waals surface area contributed by atoms with Gasteiger partial charge >= 0.3 is 6.18 Å². The number of nitrogens with one attached hydrogen (secondary N) is 1. The summed E-state index contributed by atoms with van der Waals surface area (Å²) < 4.78 is 53.0. The predicted molar refractivity (Wildman–Crippen MR) is 64.1 cm³/mol. The van der Waals surface area contributed by atoms with Crippen LogP contribution < -0.4 is 0 Å². The highest BCUT2D eigenvalue weighted by Crippen LogP contribution is 2.21. The van der Waals surface area contributed by atoms with Crippen LogP contribution in [0.5, 0.6) is 0 Å². The predicted octanol–water partition coefficient (Wildman–Crippen LogP) is 3.46. The number of Topliss-reactive ketones (excluding diaryl/α,β-unsaturated/α-hetero) is 1. The summed E-state index contributed by atoms with van der Waals surface area (Å²) in [5, 5.41) is 0.408. The number of rotatable bonds is 5. The maximum Gasteiger partial charge on any atom is 0.411 e. The van der Waals surface area contributed by atoms with E-state index in [-0.39, 0.29) is 18.6 Å². The van der Waals surface area contributed by atoms with Crippen molar-refractivity contribution in [1.29, 1.82) is 0 Å². The number of aromatic amines is 1. The summed E-state index contributed by atoms with van der Waals surface area (Å²) in [5.74, 6) is -0.886. The lowest BCUT2D eigenvalue weighted by Gasteiger charge is -2.06. The molecule has 0 radical (unpaired) electrons. The lowest BCUT2D eigenvalue weighted by molar-refractivity contribution is -0.173. The second-order valence-corrected chi connectivity index (χ2v) is 4.23. The number of H-pyrrole nitrogens is 1. The molecule has 0 fully saturated rings. The maximum atomic E-state index is 13.1. The Morgan fingerprint density at radius 1 is 1.30 bits per heavy atom. The van der Waals surface area contributed by atoms with Gasteiger partial charge in [-0.1, -0.05) is 0 Å². The van der Waals surface area contributed by atoms with Crippen LogP contribution in [-0.2, 0) is 4.74 Å². The van der Waals surface area contributed by atoms with Gasteiger partial charge in [0.25, 0.3) is 0 Å². The molecule has 0 aliphatic carbocycles. The van der Waals surface area contributed by atoms with Crippen molar-refractivity contribution in [3.05, 3.63) is 35.8 Å². The van der Waals surface area contributed by atoms with Crippen LogP contribution in [0.1, 0.15) is 16.8 Å². The SMILES string of the molecule is O=C(CCOCC(F)(F)F)c1c[nH]c2ccc(F)cc12. The third kappa shape index (κ3) is 3.57. The summed E-state index contributed by atoms with van der Waals surface area (Å²) in [5.41, 5.74) is 0.834. The summed E-state index contributed by atoms with van der Waals surface area (Å²) in [6.45, 7) is -1.72. The number of carbonyl (C=O) groups excluding carboxylic acids is 1. The van der Waals surface area contributed by atoms with Gasteiger partial charge in [0.1, 0.15) is 12.4 Å². The quantitative estimate of drug-likeness (QED) is 0.520. The highest BCUT2D eigenvalue weighted by atomic mass is 19.4. The Kier molecular flexibility index (Phi) is 4.08. The molecule has 108 valence electrons. The van der Waals surface area contributed by atoms with Gasteiger partial charge in [-0.15, -0.1) is 0 Å². The van der Waals surface area contributed by atoms with Crippen LogP contribution >= 0.6 is 0 Å². The van der Waals surface area contributed by atoms with E-state index in [0.717, 1.165) is 0 Å². The summed E-state index contributed by atoms with van der Waals surface area (Å²) in [6, 6.07) is 3.94. The zero-order chi connectivity index (χ0) is 14.8. The Balaban J connectivity index is 1.99. The van der Waals surface area contributed by atoms with Gasteiger partial charge in [-0.2, -0.15) is 13.2 Å². The molecule has 0 aliphatic heterocycles. The largest absolute Gasteiger partial charge is 0.411 e. The summed E-state index contributed by atoms with van der Waals surface area (Å²) >= 11 is 0. The van der Waals surface area contributed by atoms with Gasteiger partial charge in [0.05, 0.1) is 6.61 Å². The van der Waals surface area contributed by atoms with E-state index in [9.17, 15) is 22.4 Å². The van der Waals surface area contributed by atoms with Crippen LogP contribution in [0.15, 0.2) is 24.4 Å². The van der Waals surface area contributed by atoms with Gasteiger partial charge < -0.3 is 9.72 Å². The van der Waals surface area contributed by atoms with E-state index in [1.54, 1.807) is 0 Å². The lowest BCUT2D eigenvalue weighted by Crippen LogP contribution is -2.18. The van der Waals surface area contributed by atoms with E-state index >= 15 is 0 Å². The first-order valence-electron chi connectivity index (χ1n) is 5.81. The van der Waals surface area contributed by atoms with E-state index in [4.69, 9.17) is 0 Å². The van der Waals surface area contributed by atoms with Crippen LogP contribution in [-0.4, -0.2) is 30.2 Å². The van der Waals surface area contributed by atoms with E-state index < -0.39 is 24.4 Å². The van der Waals surface area contributed by atoms with Gasteiger partial charge in [0.15, 0.2) is 5.78 Å². The molecule has 0 spiro atoms. The number of ketones is 1. The van der Waals surface area contributed by atoms with E-state index in [1.807, 2.05) is 0 Å². The molecule has 0 unspecified atom stereocenters. The average Bonchev–Trinajstić information content (AvgIpc) is 2.76. The van der Waals surface area contributed by atoms with E-state index in [1.165, 1.54) is 24.4 Å².